The Morgan fingerprint density at radius 1 is 1.32 bits per heavy atom. The van der Waals surface area contributed by atoms with Crippen molar-refractivity contribution in [3.05, 3.63) is 56.8 Å². The molecule has 0 saturated carbocycles. The number of fused-ring (bicyclic) bond motifs is 1. The van der Waals surface area contributed by atoms with Crippen molar-refractivity contribution in [1.82, 2.24) is 14.9 Å². The zero-order valence-corrected chi connectivity index (χ0v) is 14.4. The number of benzene rings is 1. The molecule has 0 radical (unpaired) electrons. The standard InChI is InChI=1S/C18H21F2N3O2/c1-3-4-17-21-16-10-23(6-5-12(16)18(24)22-17)9-13-14(19)7-11(25-2)8-15(13)20/h7-8H,3-6,9-10H2,1-2H3,(H,21,22,24). The van der Waals surface area contributed by atoms with Crippen molar-refractivity contribution in [3.63, 3.8) is 0 Å². The highest BCUT2D eigenvalue weighted by Gasteiger charge is 2.23. The fourth-order valence-corrected chi connectivity index (χ4v) is 3.11. The highest BCUT2D eigenvalue weighted by Crippen LogP contribution is 2.24. The molecule has 0 aliphatic carbocycles. The van der Waals surface area contributed by atoms with Crippen LogP contribution in [0.3, 0.4) is 0 Å². The number of hydrogen-bond acceptors (Lipinski definition) is 4. The van der Waals surface area contributed by atoms with Crippen LogP contribution >= 0.6 is 0 Å². The van der Waals surface area contributed by atoms with Crippen LogP contribution in [0.1, 0.15) is 36.0 Å². The van der Waals surface area contributed by atoms with E-state index in [4.69, 9.17) is 4.74 Å². The molecule has 5 nitrogen and oxygen atoms in total. The number of methoxy groups -OCH3 is 1. The van der Waals surface area contributed by atoms with Gasteiger partial charge in [-0.1, -0.05) is 6.92 Å². The van der Waals surface area contributed by atoms with E-state index in [9.17, 15) is 13.6 Å². The molecular formula is C18H21F2N3O2. The van der Waals surface area contributed by atoms with E-state index in [1.165, 1.54) is 19.2 Å². The van der Waals surface area contributed by atoms with Crippen molar-refractivity contribution in [2.24, 2.45) is 0 Å². The summed E-state index contributed by atoms with van der Waals surface area (Å²) in [6.45, 7) is 3.09. The van der Waals surface area contributed by atoms with Crippen LogP contribution in [-0.4, -0.2) is 28.5 Å². The van der Waals surface area contributed by atoms with Gasteiger partial charge in [0, 0.05) is 49.3 Å². The van der Waals surface area contributed by atoms with Gasteiger partial charge in [0.2, 0.25) is 0 Å². The number of aryl methyl sites for hydroxylation is 1. The van der Waals surface area contributed by atoms with Crippen molar-refractivity contribution < 1.29 is 13.5 Å². The first-order valence-electron chi connectivity index (χ1n) is 8.37. The third-order valence-electron chi connectivity index (χ3n) is 4.42. The molecule has 0 saturated heterocycles. The van der Waals surface area contributed by atoms with E-state index in [0.717, 1.165) is 6.42 Å². The van der Waals surface area contributed by atoms with Crippen molar-refractivity contribution >= 4 is 0 Å². The lowest BCUT2D eigenvalue weighted by molar-refractivity contribution is 0.233. The van der Waals surface area contributed by atoms with Gasteiger partial charge in [-0.2, -0.15) is 0 Å². The first-order chi connectivity index (χ1) is 12.0. The maximum atomic E-state index is 14.2. The zero-order valence-electron chi connectivity index (χ0n) is 14.4. The molecule has 134 valence electrons. The molecule has 2 heterocycles. The number of aromatic amines is 1. The summed E-state index contributed by atoms with van der Waals surface area (Å²) in [5, 5.41) is 0. The van der Waals surface area contributed by atoms with Gasteiger partial charge in [0.05, 0.1) is 12.8 Å². The molecule has 0 spiro atoms. The van der Waals surface area contributed by atoms with Crippen molar-refractivity contribution in [2.45, 2.75) is 39.3 Å². The number of nitrogens with zero attached hydrogens (tertiary/aromatic N) is 2. The second kappa shape index (κ2) is 7.31. The van der Waals surface area contributed by atoms with Crippen LogP contribution in [0.5, 0.6) is 5.75 Å². The second-order valence-corrected chi connectivity index (χ2v) is 6.22. The summed E-state index contributed by atoms with van der Waals surface area (Å²) in [4.78, 5) is 21.4. The Kier molecular flexibility index (Phi) is 5.13. The summed E-state index contributed by atoms with van der Waals surface area (Å²) in [5.74, 6) is -0.448. The van der Waals surface area contributed by atoms with Gasteiger partial charge in [-0.3, -0.25) is 9.69 Å². The Morgan fingerprint density at radius 3 is 2.68 bits per heavy atom. The maximum Gasteiger partial charge on any atom is 0.254 e. The molecule has 7 heteroatoms. The van der Waals surface area contributed by atoms with Crippen molar-refractivity contribution in [1.29, 1.82) is 0 Å². The normalized spacial score (nSPS) is 14.4. The third-order valence-corrected chi connectivity index (χ3v) is 4.42. The molecule has 0 unspecified atom stereocenters. The summed E-state index contributed by atoms with van der Waals surface area (Å²) in [6, 6.07) is 2.36. The van der Waals surface area contributed by atoms with Gasteiger partial charge in [-0.25, -0.2) is 13.8 Å². The number of nitrogens with one attached hydrogen (secondary N) is 1. The van der Waals surface area contributed by atoms with Crippen LogP contribution in [0.25, 0.3) is 0 Å². The van der Waals surface area contributed by atoms with Crippen LogP contribution < -0.4 is 10.3 Å². The van der Waals surface area contributed by atoms with Gasteiger partial charge in [-0.15, -0.1) is 0 Å². The maximum absolute atomic E-state index is 14.2. The number of hydrogen-bond donors (Lipinski definition) is 1. The molecule has 1 aromatic heterocycles. The second-order valence-electron chi connectivity index (χ2n) is 6.22. The van der Waals surface area contributed by atoms with Crippen LogP contribution in [0.2, 0.25) is 0 Å². The molecule has 1 aromatic carbocycles. The molecule has 1 aliphatic rings. The van der Waals surface area contributed by atoms with Gasteiger partial charge in [0.15, 0.2) is 0 Å². The Hall–Kier alpha value is -2.28. The topological polar surface area (TPSA) is 58.2 Å². The smallest absolute Gasteiger partial charge is 0.254 e. The Balaban J connectivity index is 1.83. The highest BCUT2D eigenvalue weighted by atomic mass is 19.1. The zero-order chi connectivity index (χ0) is 18.0. The van der Waals surface area contributed by atoms with E-state index in [0.29, 0.717) is 43.0 Å². The predicted molar refractivity (Wildman–Crippen MR) is 89.6 cm³/mol. The summed E-state index contributed by atoms with van der Waals surface area (Å²) < 4.78 is 33.2. The number of rotatable bonds is 5. The fourth-order valence-electron chi connectivity index (χ4n) is 3.11. The molecule has 1 N–H and O–H groups in total. The van der Waals surface area contributed by atoms with Crippen LogP contribution in [0, 0.1) is 11.6 Å². The molecule has 0 atom stereocenters. The lowest BCUT2D eigenvalue weighted by Gasteiger charge is -2.28. The molecule has 0 amide bonds. The van der Waals surface area contributed by atoms with E-state index in [1.807, 2.05) is 11.8 Å². The van der Waals surface area contributed by atoms with E-state index in [-0.39, 0.29) is 23.4 Å². The van der Waals surface area contributed by atoms with E-state index in [2.05, 4.69) is 9.97 Å². The first kappa shape index (κ1) is 17.5. The molecule has 1 aliphatic heterocycles. The number of ether oxygens (including phenoxy) is 1. The monoisotopic (exact) mass is 349 g/mol. The van der Waals surface area contributed by atoms with E-state index >= 15 is 0 Å². The molecule has 3 rings (SSSR count). The van der Waals surface area contributed by atoms with E-state index in [1.54, 1.807) is 0 Å². The lowest BCUT2D eigenvalue weighted by atomic mass is 10.0. The minimum Gasteiger partial charge on any atom is -0.497 e. The molecule has 0 fully saturated rings. The number of H-pyrrole nitrogens is 1. The minimum atomic E-state index is -0.631. The summed E-state index contributed by atoms with van der Waals surface area (Å²) in [6.07, 6.45) is 2.10. The van der Waals surface area contributed by atoms with Gasteiger partial charge in [0.25, 0.3) is 5.56 Å². The van der Waals surface area contributed by atoms with Crippen molar-refractivity contribution in [3.8, 4) is 5.75 Å². The summed E-state index contributed by atoms with van der Waals surface area (Å²) >= 11 is 0. The third kappa shape index (κ3) is 3.71. The highest BCUT2D eigenvalue weighted by molar-refractivity contribution is 5.31. The largest absolute Gasteiger partial charge is 0.497 e. The lowest BCUT2D eigenvalue weighted by Crippen LogP contribution is -2.35. The van der Waals surface area contributed by atoms with Crippen molar-refractivity contribution in [2.75, 3.05) is 13.7 Å². The van der Waals surface area contributed by atoms with Gasteiger partial charge in [-0.05, 0) is 12.8 Å². The Bertz CT molecular complexity index is 813. The predicted octanol–water partition coefficient (Wildman–Crippen LogP) is 2.57. The van der Waals surface area contributed by atoms with Crippen LogP contribution in [-0.2, 0) is 25.9 Å². The number of halogens is 2. The van der Waals surface area contributed by atoms with Gasteiger partial charge < -0.3 is 9.72 Å². The molecule has 0 bridgehead atoms. The quantitative estimate of drug-likeness (QED) is 0.901. The summed E-state index contributed by atoms with van der Waals surface area (Å²) in [7, 11) is 1.37. The first-order valence-corrected chi connectivity index (χ1v) is 8.37. The average Bonchev–Trinajstić information content (AvgIpc) is 2.58. The molecule has 2 aromatic rings. The summed E-state index contributed by atoms with van der Waals surface area (Å²) in [5.41, 5.74) is 1.28. The Labute approximate surface area is 144 Å². The average molecular weight is 349 g/mol. The molecular weight excluding hydrogens is 328 g/mol. The number of aromatic nitrogens is 2. The van der Waals surface area contributed by atoms with Gasteiger partial charge in [0.1, 0.15) is 23.2 Å². The SMILES string of the molecule is CCCc1nc2c(c(=O)[nH]1)CCN(Cc1c(F)cc(OC)cc1F)C2. The minimum absolute atomic E-state index is 0.00266. The fraction of sp³-hybridized carbons (Fsp3) is 0.444. The van der Waals surface area contributed by atoms with E-state index < -0.39 is 11.6 Å². The van der Waals surface area contributed by atoms with Gasteiger partial charge >= 0.3 is 0 Å². The Morgan fingerprint density at radius 2 is 2.04 bits per heavy atom. The van der Waals surface area contributed by atoms with Crippen LogP contribution in [0.15, 0.2) is 16.9 Å². The molecule has 25 heavy (non-hydrogen) atoms. The van der Waals surface area contributed by atoms with Crippen LogP contribution in [0.4, 0.5) is 8.78 Å².